The second-order valence-corrected chi connectivity index (χ2v) is 6.81. The Hall–Kier alpha value is -2.95. The molecule has 1 aliphatic heterocycles. The van der Waals surface area contributed by atoms with Crippen LogP contribution in [0.3, 0.4) is 0 Å². The second kappa shape index (κ2) is 7.52. The number of carbonyl (C=O) groups is 1. The molecule has 0 spiro atoms. The van der Waals surface area contributed by atoms with Gasteiger partial charge in [-0.2, -0.15) is 5.10 Å². The molecule has 1 amide bonds. The van der Waals surface area contributed by atoms with E-state index in [2.05, 4.69) is 40.4 Å². The Morgan fingerprint density at radius 1 is 1.00 bits per heavy atom. The highest BCUT2D eigenvalue weighted by Crippen LogP contribution is 2.23. The van der Waals surface area contributed by atoms with Crippen LogP contribution in [-0.2, 0) is 6.42 Å². The molecule has 26 heavy (non-hydrogen) atoms. The molecule has 1 saturated heterocycles. The molecule has 0 N–H and O–H groups in total. The fraction of sp³-hybridized carbons (Fsp3) is 0.286. The highest BCUT2D eigenvalue weighted by molar-refractivity contribution is 5.94. The lowest BCUT2D eigenvalue weighted by Crippen LogP contribution is -2.38. The summed E-state index contributed by atoms with van der Waals surface area (Å²) < 4.78 is 1.68. The van der Waals surface area contributed by atoms with Crippen molar-refractivity contribution in [2.45, 2.75) is 19.3 Å². The summed E-state index contributed by atoms with van der Waals surface area (Å²) in [6.45, 7) is 1.67. The van der Waals surface area contributed by atoms with E-state index in [1.807, 2.05) is 29.2 Å². The monoisotopic (exact) mass is 346 g/mol. The third kappa shape index (κ3) is 3.67. The van der Waals surface area contributed by atoms with Gasteiger partial charge in [-0.25, -0.2) is 9.67 Å². The van der Waals surface area contributed by atoms with Crippen LogP contribution in [0.15, 0.2) is 67.3 Å². The van der Waals surface area contributed by atoms with Crippen LogP contribution in [0, 0.1) is 5.92 Å². The Morgan fingerprint density at radius 3 is 2.38 bits per heavy atom. The molecule has 3 aromatic rings. The first kappa shape index (κ1) is 16.5. The topological polar surface area (TPSA) is 51.0 Å². The lowest BCUT2D eigenvalue weighted by atomic mass is 9.90. The first-order valence-corrected chi connectivity index (χ1v) is 9.08. The summed E-state index contributed by atoms with van der Waals surface area (Å²) in [5, 5.41) is 4.10. The van der Waals surface area contributed by atoms with Gasteiger partial charge >= 0.3 is 0 Å². The molecule has 1 fully saturated rings. The van der Waals surface area contributed by atoms with Crippen molar-refractivity contribution >= 4 is 5.91 Å². The Bertz CT molecular complexity index is 835. The number of benzene rings is 2. The number of piperidine rings is 1. The van der Waals surface area contributed by atoms with Crippen LogP contribution in [0.5, 0.6) is 0 Å². The average molecular weight is 346 g/mol. The quantitative estimate of drug-likeness (QED) is 0.728. The average Bonchev–Trinajstić information content (AvgIpc) is 3.24. The zero-order valence-electron chi connectivity index (χ0n) is 14.7. The van der Waals surface area contributed by atoms with Crippen LogP contribution in [-0.4, -0.2) is 38.7 Å². The van der Waals surface area contributed by atoms with Gasteiger partial charge in [0.2, 0.25) is 0 Å². The maximum atomic E-state index is 12.8. The van der Waals surface area contributed by atoms with E-state index in [9.17, 15) is 4.79 Å². The number of hydrogen-bond donors (Lipinski definition) is 0. The molecule has 5 nitrogen and oxygen atoms in total. The van der Waals surface area contributed by atoms with Gasteiger partial charge in [0.05, 0.1) is 5.69 Å². The van der Waals surface area contributed by atoms with Crippen molar-refractivity contribution in [2.24, 2.45) is 5.92 Å². The molecule has 0 atom stereocenters. The van der Waals surface area contributed by atoms with Crippen molar-refractivity contribution in [3.63, 3.8) is 0 Å². The van der Waals surface area contributed by atoms with E-state index >= 15 is 0 Å². The standard InChI is InChI=1S/C21H22N4O/c26-21(19-6-8-20(9-7-19)25-16-22-15-23-25)24-12-10-18(11-13-24)14-17-4-2-1-3-5-17/h1-9,15-16,18H,10-14H2. The summed E-state index contributed by atoms with van der Waals surface area (Å²) in [4.78, 5) is 18.7. The predicted molar refractivity (Wildman–Crippen MR) is 100 cm³/mol. The Kier molecular flexibility index (Phi) is 4.78. The lowest BCUT2D eigenvalue weighted by Gasteiger charge is -2.32. The molecular weight excluding hydrogens is 324 g/mol. The van der Waals surface area contributed by atoms with Crippen LogP contribution < -0.4 is 0 Å². The van der Waals surface area contributed by atoms with Crippen LogP contribution in [0.25, 0.3) is 5.69 Å². The number of nitrogens with zero attached hydrogens (tertiary/aromatic N) is 4. The van der Waals surface area contributed by atoms with Crippen LogP contribution in [0.2, 0.25) is 0 Å². The summed E-state index contributed by atoms with van der Waals surface area (Å²) in [5.74, 6) is 0.782. The summed E-state index contributed by atoms with van der Waals surface area (Å²) >= 11 is 0. The van der Waals surface area contributed by atoms with E-state index in [1.54, 1.807) is 11.0 Å². The van der Waals surface area contributed by atoms with Crippen LogP contribution in [0.1, 0.15) is 28.8 Å². The molecule has 0 bridgehead atoms. The summed E-state index contributed by atoms with van der Waals surface area (Å²) in [7, 11) is 0. The predicted octanol–water partition coefficient (Wildman–Crippen LogP) is 3.36. The largest absolute Gasteiger partial charge is 0.339 e. The molecular formula is C21H22N4O. The molecule has 0 aliphatic carbocycles. The second-order valence-electron chi connectivity index (χ2n) is 6.81. The van der Waals surface area contributed by atoms with E-state index in [0.29, 0.717) is 5.92 Å². The molecule has 5 heteroatoms. The van der Waals surface area contributed by atoms with Gasteiger partial charge in [-0.1, -0.05) is 30.3 Å². The lowest BCUT2D eigenvalue weighted by molar-refractivity contribution is 0.0690. The first-order valence-electron chi connectivity index (χ1n) is 9.08. The Balaban J connectivity index is 1.34. The fourth-order valence-corrected chi connectivity index (χ4v) is 3.57. The maximum absolute atomic E-state index is 12.8. The van der Waals surface area contributed by atoms with Crippen molar-refractivity contribution in [2.75, 3.05) is 13.1 Å². The summed E-state index contributed by atoms with van der Waals surface area (Å²) in [6, 6.07) is 18.2. The number of amides is 1. The van der Waals surface area contributed by atoms with Crippen molar-refractivity contribution in [3.8, 4) is 5.69 Å². The van der Waals surface area contributed by atoms with E-state index in [0.717, 1.165) is 43.6 Å². The molecule has 2 aromatic carbocycles. The Labute approximate surface area is 153 Å². The minimum absolute atomic E-state index is 0.119. The maximum Gasteiger partial charge on any atom is 0.253 e. The minimum atomic E-state index is 0.119. The van der Waals surface area contributed by atoms with Gasteiger partial charge in [0.25, 0.3) is 5.91 Å². The van der Waals surface area contributed by atoms with Gasteiger partial charge in [-0.05, 0) is 55.0 Å². The van der Waals surface area contributed by atoms with Gasteiger partial charge in [0, 0.05) is 18.7 Å². The van der Waals surface area contributed by atoms with E-state index in [-0.39, 0.29) is 5.91 Å². The van der Waals surface area contributed by atoms with Crippen molar-refractivity contribution in [1.29, 1.82) is 0 Å². The normalized spacial score (nSPS) is 15.2. The highest BCUT2D eigenvalue weighted by Gasteiger charge is 2.23. The minimum Gasteiger partial charge on any atom is -0.339 e. The molecule has 2 heterocycles. The zero-order chi connectivity index (χ0) is 17.8. The molecule has 0 saturated carbocycles. The van der Waals surface area contributed by atoms with Gasteiger partial charge in [0.1, 0.15) is 12.7 Å². The molecule has 132 valence electrons. The number of likely N-dealkylation sites (tertiary alicyclic amines) is 1. The third-order valence-corrected chi connectivity index (χ3v) is 5.07. The fourth-order valence-electron chi connectivity index (χ4n) is 3.57. The van der Waals surface area contributed by atoms with Gasteiger partial charge in [0.15, 0.2) is 0 Å². The number of aromatic nitrogens is 3. The first-order chi connectivity index (χ1) is 12.8. The summed E-state index contributed by atoms with van der Waals surface area (Å²) in [5.41, 5.74) is 3.02. The third-order valence-electron chi connectivity index (χ3n) is 5.07. The summed E-state index contributed by atoms with van der Waals surface area (Å²) in [6.07, 6.45) is 6.39. The van der Waals surface area contributed by atoms with Gasteiger partial charge in [-0.15, -0.1) is 0 Å². The van der Waals surface area contributed by atoms with E-state index in [1.165, 1.54) is 11.9 Å². The van der Waals surface area contributed by atoms with Crippen LogP contribution >= 0.6 is 0 Å². The molecule has 1 aromatic heterocycles. The van der Waals surface area contributed by atoms with Crippen molar-refractivity contribution in [3.05, 3.63) is 78.4 Å². The zero-order valence-corrected chi connectivity index (χ0v) is 14.7. The van der Waals surface area contributed by atoms with Crippen molar-refractivity contribution < 1.29 is 4.79 Å². The van der Waals surface area contributed by atoms with Gasteiger partial charge in [-0.3, -0.25) is 4.79 Å². The highest BCUT2D eigenvalue weighted by atomic mass is 16.2. The molecule has 1 aliphatic rings. The van der Waals surface area contributed by atoms with Crippen LogP contribution in [0.4, 0.5) is 0 Å². The smallest absolute Gasteiger partial charge is 0.253 e. The molecule has 4 rings (SSSR count). The SMILES string of the molecule is O=C(c1ccc(-n2cncn2)cc1)N1CCC(Cc2ccccc2)CC1. The van der Waals surface area contributed by atoms with Crippen molar-refractivity contribution in [1.82, 2.24) is 19.7 Å². The van der Waals surface area contributed by atoms with E-state index in [4.69, 9.17) is 0 Å². The Morgan fingerprint density at radius 2 is 1.73 bits per heavy atom. The molecule has 0 radical (unpaired) electrons. The number of rotatable bonds is 4. The van der Waals surface area contributed by atoms with E-state index < -0.39 is 0 Å². The number of carbonyl (C=O) groups excluding carboxylic acids is 1. The molecule has 0 unspecified atom stereocenters. The number of hydrogen-bond acceptors (Lipinski definition) is 3. The van der Waals surface area contributed by atoms with Gasteiger partial charge < -0.3 is 4.90 Å².